The summed E-state index contributed by atoms with van der Waals surface area (Å²) in [5.74, 6) is 0.215. The zero-order chi connectivity index (χ0) is 13.2. The van der Waals surface area contributed by atoms with E-state index in [1.165, 1.54) is 11.1 Å². The van der Waals surface area contributed by atoms with E-state index in [0.29, 0.717) is 12.6 Å². The fraction of sp³-hybridized carbons (Fsp3) is 0.438. The van der Waals surface area contributed by atoms with Gasteiger partial charge in [0, 0.05) is 25.7 Å². The van der Waals surface area contributed by atoms with Crippen LogP contribution in [0.2, 0.25) is 0 Å². The molecule has 1 amide bonds. The van der Waals surface area contributed by atoms with E-state index < -0.39 is 0 Å². The van der Waals surface area contributed by atoms with Crippen molar-refractivity contribution in [2.45, 2.75) is 31.3 Å². The van der Waals surface area contributed by atoms with Crippen molar-refractivity contribution in [3.05, 3.63) is 48.0 Å². The van der Waals surface area contributed by atoms with Crippen molar-refractivity contribution < 1.29 is 4.79 Å². The summed E-state index contributed by atoms with van der Waals surface area (Å²) >= 11 is 0. The molecule has 100 valence electrons. The lowest BCUT2D eigenvalue weighted by Gasteiger charge is -2.31. The Morgan fingerprint density at radius 1 is 1.42 bits per heavy atom. The molecule has 1 unspecified atom stereocenters. The van der Waals surface area contributed by atoms with Crippen molar-refractivity contribution in [2.75, 3.05) is 13.1 Å². The smallest absolute Gasteiger partial charge is 0.231 e. The maximum absolute atomic E-state index is 12.8. The van der Waals surface area contributed by atoms with Crippen molar-refractivity contribution >= 4 is 5.91 Å². The molecule has 0 bridgehead atoms. The summed E-state index contributed by atoms with van der Waals surface area (Å²) in [4.78, 5) is 14.8. The average Bonchev–Trinajstić information content (AvgIpc) is 3.28. The highest BCUT2D eigenvalue weighted by atomic mass is 16.2. The standard InChI is InChI=1S/C16H20N2O/c1-2-9-18(13-7-8-13)16(19)15-11-17-10-12-5-3-4-6-14(12)15/h2-6,13,15,17H,1,7-11H2. The van der Waals surface area contributed by atoms with Crippen molar-refractivity contribution in [3.63, 3.8) is 0 Å². The summed E-state index contributed by atoms with van der Waals surface area (Å²) in [7, 11) is 0. The maximum atomic E-state index is 12.8. The lowest BCUT2D eigenvalue weighted by molar-refractivity contribution is -0.132. The van der Waals surface area contributed by atoms with E-state index in [1.54, 1.807) is 0 Å². The molecule has 0 spiro atoms. The molecule has 1 N–H and O–H groups in total. The van der Waals surface area contributed by atoms with Gasteiger partial charge in [0.15, 0.2) is 0 Å². The predicted molar refractivity (Wildman–Crippen MR) is 75.8 cm³/mol. The van der Waals surface area contributed by atoms with E-state index in [2.05, 4.69) is 24.0 Å². The molecule has 19 heavy (non-hydrogen) atoms. The Labute approximate surface area is 114 Å². The molecule has 1 saturated carbocycles. The zero-order valence-corrected chi connectivity index (χ0v) is 11.1. The lowest BCUT2D eigenvalue weighted by Crippen LogP contribution is -2.42. The molecule has 1 fully saturated rings. The minimum absolute atomic E-state index is 0.0366. The van der Waals surface area contributed by atoms with Crippen LogP contribution >= 0.6 is 0 Å². The van der Waals surface area contributed by atoms with Gasteiger partial charge in [0.25, 0.3) is 0 Å². The third-order valence-corrected chi connectivity index (χ3v) is 3.99. The molecule has 0 saturated heterocycles. The van der Waals surface area contributed by atoms with Crippen LogP contribution in [-0.4, -0.2) is 29.9 Å². The van der Waals surface area contributed by atoms with Gasteiger partial charge in [0.1, 0.15) is 0 Å². The number of fused-ring (bicyclic) bond motifs is 1. The first-order chi connectivity index (χ1) is 9.31. The lowest BCUT2D eigenvalue weighted by atomic mass is 9.89. The summed E-state index contributed by atoms with van der Waals surface area (Å²) in [6.07, 6.45) is 4.11. The number of carbonyl (C=O) groups excluding carboxylic acids is 1. The number of amides is 1. The zero-order valence-electron chi connectivity index (χ0n) is 11.1. The van der Waals surface area contributed by atoms with Gasteiger partial charge in [-0.2, -0.15) is 0 Å². The van der Waals surface area contributed by atoms with Gasteiger partial charge in [-0.25, -0.2) is 0 Å². The van der Waals surface area contributed by atoms with Crippen LogP contribution in [0.5, 0.6) is 0 Å². The highest BCUT2D eigenvalue weighted by Crippen LogP contribution is 2.32. The van der Waals surface area contributed by atoms with Crippen molar-refractivity contribution in [2.24, 2.45) is 0 Å². The molecule has 2 aliphatic rings. The summed E-state index contributed by atoms with van der Waals surface area (Å²) in [6, 6.07) is 8.71. The van der Waals surface area contributed by atoms with Gasteiger partial charge in [-0.15, -0.1) is 6.58 Å². The predicted octanol–water partition coefficient (Wildman–Crippen LogP) is 2.05. The average molecular weight is 256 g/mol. The van der Waals surface area contributed by atoms with Crippen molar-refractivity contribution in [1.82, 2.24) is 10.2 Å². The summed E-state index contributed by atoms with van der Waals surface area (Å²) < 4.78 is 0. The van der Waals surface area contributed by atoms with E-state index in [0.717, 1.165) is 25.9 Å². The molecular formula is C16H20N2O. The van der Waals surface area contributed by atoms with Crippen LogP contribution in [0.25, 0.3) is 0 Å². The van der Waals surface area contributed by atoms with Gasteiger partial charge >= 0.3 is 0 Å². The molecule has 1 aromatic carbocycles. The normalized spacial score (nSPS) is 21.6. The van der Waals surface area contributed by atoms with E-state index in [9.17, 15) is 4.79 Å². The molecule has 0 radical (unpaired) electrons. The van der Waals surface area contributed by atoms with Crippen LogP contribution in [0.4, 0.5) is 0 Å². The second-order valence-electron chi connectivity index (χ2n) is 5.39. The Balaban J connectivity index is 1.85. The Morgan fingerprint density at radius 2 is 2.21 bits per heavy atom. The molecule has 3 heteroatoms. The summed E-state index contributed by atoms with van der Waals surface area (Å²) in [6.45, 7) is 6.05. The number of hydrogen-bond acceptors (Lipinski definition) is 2. The summed E-state index contributed by atoms with van der Waals surface area (Å²) in [5, 5.41) is 3.35. The van der Waals surface area contributed by atoms with Gasteiger partial charge < -0.3 is 10.2 Å². The fourth-order valence-electron chi connectivity index (χ4n) is 2.86. The van der Waals surface area contributed by atoms with Crippen LogP contribution < -0.4 is 5.32 Å². The highest BCUT2D eigenvalue weighted by molar-refractivity contribution is 5.85. The van der Waals surface area contributed by atoms with Gasteiger partial charge in [-0.1, -0.05) is 30.3 Å². The van der Waals surface area contributed by atoms with E-state index in [4.69, 9.17) is 0 Å². The van der Waals surface area contributed by atoms with Crippen LogP contribution in [0.15, 0.2) is 36.9 Å². The van der Waals surface area contributed by atoms with Gasteiger partial charge in [0.2, 0.25) is 5.91 Å². The quantitative estimate of drug-likeness (QED) is 0.836. The number of nitrogens with zero attached hydrogens (tertiary/aromatic N) is 1. The SMILES string of the molecule is C=CCN(C(=O)C1CNCc2ccccc21)C1CC1. The molecule has 1 heterocycles. The molecule has 1 atom stereocenters. The monoisotopic (exact) mass is 256 g/mol. The minimum Gasteiger partial charge on any atom is -0.335 e. The van der Waals surface area contributed by atoms with E-state index in [1.807, 2.05) is 23.1 Å². The third kappa shape index (κ3) is 2.43. The van der Waals surface area contributed by atoms with Crippen LogP contribution in [-0.2, 0) is 11.3 Å². The molecule has 0 aromatic heterocycles. The number of hydrogen-bond donors (Lipinski definition) is 1. The summed E-state index contributed by atoms with van der Waals surface area (Å²) in [5.41, 5.74) is 2.45. The number of nitrogens with one attached hydrogen (secondary N) is 1. The Kier molecular flexibility index (Phi) is 3.38. The van der Waals surface area contributed by atoms with Crippen molar-refractivity contribution in [3.8, 4) is 0 Å². The minimum atomic E-state index is -0.0366. The first-order valence-electron chi connectivity index (χ1n) is 7.01. The van der Waals surface area contributed by atoms with E-state index >= 15 is 0 Å². The molecule has 1 aliphatic heterocycles. The van der Waals surface area contributed by atoms with Gasteiger partial charge in [-0.3, -0.25) is 4.79 Å². The second-order valence-corrected chi connectivity index (χ2v) is 5.39. The van der Waals surface area contributed by atoms with Crippen LogP contribution in [0, 0.1) is 0 Å². The van der Waals surface area contributed by atoms with E-state index in [-0.39, 0.29) is 11.8 Å². The Hall–Kier alpha value is -1.61. The molecular weight excluding hydrogens is 236 g/mol. The number of carbonyl (C=O) groups is 1. The van der Waals surface area contributed by atoms with Crippen molar-refractivity contribution in [1.29, 1.82) is 0 Å². The highest BCUT2D eigenvalue weighted by Gasteiger charge is 2.36. The number of rotatable bonds is 4. The molecule has 1 aromatic rings. The largest absolute Gasteiger partial charge is 0.335 e. The fourth-order valence-corrected chi connectivity index (χ4v) is 2.86. The van der Waals surface area contributed by atoms with Gasteiger partial charge in [-0.05, 0) is 24.0 Å². The Bertz CT molecular complexity index is 493. The number of benzene rings is 1. The Morgan fingerprint density at radius 3 is 2.95 bits per heavy atom. The third-order valence-electron chi connectivity index (χ3n) is 3.99. The molecule has 1 aliphatic carbocycles. The van der Waals surface area contributed by atoms with Crippen LogP contribution in [0.3, 0.4) is 0 Å². The topological polar surface area (TPSA) is 32.3 Å². The van der Waals surface area contributed by atoms with Gasteiger partial charge in [0.05, 0.1) is 5.92 Å². The van der Waals surface area contributed by atoms with Crippen LogP contribution in [0.1, 0.15) is 29.9 Å². The first kappa shape index (κ1) is 12.4. The molecule has 3 nitrogen and oxygen atoms in total. The maximum Gasteiger partial charge on any atom is 0.231 e. The first-order valence-corrected chi connectivity index (χ1v) is 7.01. The molecule has 3 rings (SSSR count). The second kappa shape index (κ2) is 5.17.